The molecule has 0 heterocycles. The maximum absolute atomic E-state index is 14.2. The van der Waals surface area contributed by atoms with E-state index in [0.29, 0.717) is 5.56 Å². The normalized spacial score (nSPS) is 18.1. The van der Waals surface area contributed by atoms with Gasteiger partial charge in [-0.2, -0.15) is 0 Å². The summed E-state index contributed by atoms with van der Waals surface area (Å²) in [5.41, 5.74) is 5.43. The highest BCUT2D eigenvalue weighted by molar-refractivity contribution is 7.90. The highest BCUT2D eigenvalue weighted by Gasteiger charge is 2.45. The number of benzene rings is 1. The Bertz CT molecular complexity index is 564. The minimum atomic E-state index is -3.79. The van der Waals surface area contributed by atoms with Crippen LogP contribution in [0.25, 0.3) is 0 Å². The zero-order chi connectivity index (χ0) is 12.8. The fraction of sp³-hybridized carbons (Fsp3) is 0.455. The lowest BCUT2D eigenvalue weighted by atomic mass is 9.95. The van der Waals surface area contributed by atoms with Crippen molar-refractivity contribution in [1.29, 1.82) is 0 Å². The second kappa shape index (κ2) is 3.68. The maximum atomic E-state index is 14.2. The topological polar surface area (TPSA) is 80.4 Å². The molecule has 0 unspecified atom stereocenters. The third-order valence-electron chi connectivity index (χ3n) is 3.26. The van der Waals surface area contributed by atoms with Crippen LogP contribution in [-0.4, -0.2) is 26.3 Å². The number of rotatable bonds is 3. The minimum absolute atomic E-state index is 0.276. The first-order valence-corrected chi connectivity index (χ1v) is 7.13. The van der Waals surface area contributed by atoms with Crippen LogP contribution in [0.1, 0.15) is 18.4 Å². The van der Waals surface area contributed by atoms with Gasteiger partial charge in [0.25, 0.3) is 0 Å². The molecule has 1 aromatic carbocycles. The first-order valence-electron chi connectivity index (χ1n) is 5.24. The number of hydrogen-bond donors (Lipinski definition) is 2. The largest absolute Gasteiger partial charge is 0.506 e. The third kappa shape index (κ3) is 1.91. The van der Waals surface area contributed by atoms with E-state index in [1.165, 1.54) is 12.1 Å². The first-order chi connectivity index (χ1) is 7.82. The van der Waals surface area contributed by atoms with Gasteiger partial charge in [-0.3, -0.25) is 0 Å². The molecule has 6 heteroatoms. The third-order valence-corrected chi connectivity index (χ3v) is 4.39. The molecule has 94 valence electrons. The van der Waals surface area contributed by atoms with Crippen molar-refractivity contribution in [3.63, 3.8) is 0 Å². The van der Waals surface area contributed by atoms with Crippen LogP contribution in [0.4, 0.5) is 4.39 Å². The number of phenols is 1. The highest BCUT2D eigenvalue weighted by atomic mass is 32.2. The number of phenolic OH excluding ortho intramolecular Hbond substituents is 1. The Morgan fingerprint density at radius 2 is 2.06 bits per heavy atom. The van der Waals surface area contributed by atoms with E-state index in [1.54, 1.807) is 0 Å². The Hall–Kier alpha value is -1.14. The Morgan fingerprint density at radius 1 is 1.47 bits per heavy atom. The summed E-state index contributed by atoms with van der Waals surface area (Å²) in [4.78, 5) is -0.630. The summed E-state index contributed by atoms with van der Waals surface area (Å²) in [5, 5.41) is 9.46. The van der Waals surface area contributed by atoms with Crippen molar-refractivity contribution < 1.29 is 17.9 Å². The number of halogens is 1. The van der Waals surface area contributed by atoms with Gasteiger partial charge in [0, 0.05) is 18.2 Å². The lowest BCUT2D eigenvalue weighted by molar-refractivity contribution is 0.439. The maximum Gasteiger partial charge on any atom is 0.182 e. The van der Waals surface area contributed by atoms with Gasteiger partial charge in [0.2, 0.25) is 0 Å². The number of aromatic hydroxyl groups is 1. The van der Waals surface area contributed by atoms with Crippen molar-refractivity contribution in [2.45, 2.75) is 23.2 Å². The summed E-state index contributed by atoms with van der Waals surface area (Å²) in [7, 11) is -3.79. The molecule has 1 aliphatic carbocycles. The van der Waals surface area contributed by atoms with Crippen molar-refractivity contribution in [3.8, 4) is 5.75 Å². The molecular formula is C11H14FNO3S. The smallest absolute Gasteiger partial charge is 0.182 e. The van der Waals surface area contributed by atoms with Gasteiger partial charge in [-0.1, -0.05) is 6.07 Å². The Labute approximate surface area is 99.2 Å². The lowest BCUT2D eigenvalue weighted by Gasteiger charge is -2.16. The summed E-state index contributed by atoms with van der Waals surface area (Å²) in [5.74, 6) is -1.42. The number of hydrogen-bond acceptors (Lipinski definition) is 4. The fourth-order valence-electron chi connectivity index (χ4n) is 2.04. The average Bonchev–Trinajstić information content (AvgIpc) is 2.96. The van der Waals surface area contributed by atoms with E-state index >= 15 is 0 Å². The zero-order valence-electron chi connectivity index (χ0n) is 9.40. The summed E-state index contributed by atoms with van der Waals surface area (Å²) >= 11 is 0. The van der Waals surface area contributed by atoms with E-state index in [0.717, 1.165) is 19.1 Å². The molecule has 0 radical (unpaired) electrons. The molecule has 1 aromatic rings. The predicted octanol–water partition coefficient (Wildman–Crippen LogP) is 0.925. The molecule has 1 saturated carbocycles. The van der Waals surface area contributed by atoms with Crippen molar-refractivity contribution in [2.75, 3.05) is 12.8 Å². The molecule has 1 aliphatic rings. The summed E-state index contributed by atoms with van der Waals surface area (Å²) < 4.78 is 37.0. The Kier molecular flexibility index (Phi) is 2.67. The van der Waals surface area contributed by atoms with Gasteiger partial charge in [0.05, 0.1) is 0 Å². The van der Waals surface area contributed by atoms with E-state index in [1.807, 2.05) is 0 Å². The van der Waals surface area contributed by atoms with Crippen LogP contribution in [0.3, 0.4) is 0 Å². The van der Waals surface area contributed by atoms with Gasteiger partial charge in [-0.25, -0.2) is 12.8 Å². The first kappa shape index (κ1) is 12.3. The molecule has 2 rings (SSSR count). The Balaban J connectivity index is 2.67. The van der Waals surface area contributed by atoms with Crippen molar-refractivity contribution in [1.82, 2.24) is 0 Å². The standard InChI is InChI=1S/C11H14FNO3S/c1-17(15,16)10-8(14)3-2-7(9(10)12)11(6-13)4-5-11/h2-3,14H,4-6,13H2,1H3. The SMILES string of the molecule is CS(=O)(=O)c1c(O)ccc(C2(CN)CC2)c1F. The second-order valence-corrected chi connectivity index (χ2v) is 6.48. The van der Waals surface area contributed by atoms with Crippen molar-refractivity contribution >= 4 is 9.84 Å². The molecule has 0 aliphatic heterocycles. The molecule has 0 bridgehead atoms. The highest BCUT2D eigenvalue weighted by Crippen LogP contribution is 2.49. The summed E-state index contributed by atoms with van der Waals surface area (Å²) in [6.07, 6.45) is 2.36. The molecule has 0 atom stereocenters. The molecule has 3 N–H and O–H groups in total. The van der Waals surface area contributed by atoms with Crippen LogP contribution < -0.4 is 5.73 Å². The van der Waals surface area contributed by atoms with E-state index in [-0.39, 0.29) is 6.54 Å². The number of sulfone groups is 1. The number of nitrogens with two attached hydrogens (primary N) is 1. The van der Waals surface area contributed by atoms with Crippen LogP contribution in [0.2, 0.25) is 0 Å². The molecule has 0 spiro atoms. The van der Waals surface area contributed by atoms with E-state index < -0.39 is 31.7 Å². The molecule has 1 fully saturated rings. The quantitative estimate of drug-likeness (QED) is 0.846. The second-order valence-electron chi connectivity index (χ2n) is 4.53. The van der Waals surface area contributed by atoms with Crippen molar-refractivity contribution in [2.24, 2.45) is 5.73 Å². The molecule has 0 saturated heterocycles. The van der Waals surface area contributed by atoms with Gasteiger partial charge >= 0.3 is 0 Å². The molecule has 0 aromatic heterocycles. The molecular weight excluding hydrogens is 245 g/mol. The predicted molar refractivity (Wildman–Crippen MR) is 61.1 cm³/mol. The van der Waals surface area contributed by atoms with Crippen LogP contribution in [0.5, 0.6) is 5.75 Å². The molecule has 4 nitrogen and oxygen atoms in total. The lowest BCUT2D eigenvalue weighted by Crippen LogP contribution is -2.22. The van der Waals surface area contributed by atoms with E-state index in [4.69, 9.17) is 5.73 Å². The van der Waals surface area contributed by atoms with Crippen LogP contribution in [-0.2, 0) is 15.3 Å². The minimum Gasteiger partial charge on any atom is -0.506 e. The van der Waals surface area contributed by atoms with Crippen LogP contribution in [0.15, 0.2) is 17.0 Å². The van der Waals surface area contributed by atoms with Gasteiger partial charge < -0.3 is 10.8 Å². The monoisotopic (exact) mass is 259 g/mol. The van der Waals surface area contributed by atoms with Gasteiger partial charge in [-0.15, -0.1) is 0 Å². The summed E-state index contributed by atoms with van der Waals surface area (Å²) in [6.45, 7) is 0.276. The van der Waals surface area contributed by atoms with Crippen molar-refractivity contribution in [3.05, 3.63) is 23.5 Å². The Morgan fingerprint density at radius 3 is 2.47 bits per heavy atom. The molecule has 17 heavy (non-hydrogen) atoms. The fourth-order valence-corrected chi connectivity index (χ4v) is 2.93. The van der Waals surface area contributed by atoms with E-state index in [2.05, 4.69) is 0 Å². The van der Waals surface area contributed by atoms with Crippen LogP contribution in [0, 0.1) is 5.82 Å². The average molecular weight is 259 g/mol. The van der Waals surface area contributed by atoms with Gasteiger partial charge in [0.1, 0.15) is 16.5 Å². The summed E-state index contributed by atoms with van der Waals surface area (Å²) in [6, 6.07) is 2.63. The zero-order valence-corrected chi connectivity index (χ0v) is 10.2. The van der Waals surface area contributed by atoms with Gasteiger partial charge in [0.15, 0.2) is 9.84 Å². The molecule has 0 amide bonds. The van der Waals surface area contributed by atoms with Crippen LogP contribution >= 0.6 is 0 Å². The van der Waals surface area contributed by atoms with E-state index in [9.17, 15) is 17.9 Å². The van der Waals surface area contributed by atoms with Gasteiger partial charge in [-0.05, 0) is 24.5 Å².